The highest BCUT2D eigenvalue weighted by molar-refractivity contribution is 6.11. The Balaban J connectivity index is 0.970. The highest BCUT2D eigenvalue weighted by atomic mass is 16.3. The lowest BCUT2D eigenvalue weighted by Crippen LogP contribution is -2.16. The van der Waals surface area contributed by atoms with Crippen LogP contribution >= 0.6 is 0 Å². The van der Waals surface area contributed by atoms with Crippen molar-refractivity contribution in [2.75, 3.05) is 4.90 Å². The van der Waals surface area contributed by atoms with E-state index in [0.717, 1.165) is 50.3 Å². The van der Waals surface area contributed by atoms with Gasteiger partial charge in [-0.1, -0.05) is 153 Å². The second-order valence-corrected chi connectivity index (χ2v) is 16.5. The van der Waals surface area contributed by atoms with Crippen molar-refractivity contribution in [3.8, 4) is 39.1 Å². The van der Waals surface area contributed by atoms with E-state index in [-0.39, 0.29) is 5.41 Å². The van der Waals surface area contributed by atoms with Gasteiger partial charge in [-0.3, -0.25) is 0 Å². The predicted molar refractivity (Wildman–Crippen MR) is 251 cm³/mol. The van der Waals surface area contributed by atoms with Crippen molar-refractivity contribution in [1.29, 1.82) is 0 Å². The molecule has 0 N–H and O–H groups in total. The van der Waals surface area contributed by atoms with Gasteiger partial charge in [0.05, 0.1) is 16.7 Å². The Bertz CT molecular complexity index is 3440. The lowest BCUT2D eigenvalue weighted by atomic mass is 9.82. The fourth-order valence-electron chi connectivity index (χ4n) is 9.83. The first-order valence-electron chi connectivity index (χ1n) is 20.8. The summed E-state index contributed by atoms with van der Waals surface area (Å²) in [5.41, 5.74) is 18.5. The minimum Gasteiger partial charge on any atom is -0.454 e. The van der Waals surface area contributed by atoms with Crippen LogP contribution in [0.3, 0.4) is 0 Å². The van der Waals surface area contributed by atoms with Crippen molar-refractivity contribution < 1.29 is 4.42 Å². The molecule has 0 amide bonds. The van der Waals surface area contributed by atoms with Crippen molar-refractivity contribution >= 4 is 60.8 Å². The lowest BCUT2D eigenvalue weighted by molar-refractivity contribution is 0.660. The Morgan fingerprint density at radius 3 is 1.88 bits per heavy atom. The van der Waals surface area contributed by atoms with Crippen LogP contribution in [0.4, 0.5) is 17.1 Å². The molecular formula is C57H40N2O. The van der Waals surface area contributed by atoms with Crippen LogP contribution in [0.5, 0.6) is 0 Å². The van der Waals surface area contributed by atoms with Crippen LogP contribution in [-0.2, 0) is 5.41 Å². The molecule has 2 aromatic heterocycles. The molecule has 0 fully saturated rings. The van der Waals surface area contributed by atoms with E-state index >= 15 is 0 Å². The molecule has 0 bridgehead atoms. The summed E-state index contributed by atoms with van der Waals surface area (Å²) < 4.78 is 9.07. The number of aromatic nitrogens is 1. The van der Waals surface area contributed by atoms with E-state index in [4.69, 9.17) is 4.42 Å². The molecular weight excluding hydrogens is 729 g/mol. The van der Waals surface area contributed by atoms with Crippen LogP contribution in [0.2, 0.25) is 0 Å². The van der Waals surface area contributed by atoms with Crippen LogP contribution < -0.4 is 4.90 Å². The molecule has 1 aliphatic carbocycles. The minimum absolute atomic E-state index is 0.129. The Hall–Kier alpha value is -7.62. The van der Waals surface area contributed by atoms with Crippen molar-refractivity contribution in [3.63, 3.8) is 0 Å². The summed E-state index contributed by atoms with van der Waals surface area (Å²) in [6, 6.07) is 74.8. The van der Waals surface area contributed by atoms with E-state index in [2.05, 4.69) is 224 Å². The number of para-hydroxylation sites is 3. The van der Waals surface area contributed by atoms with E-state index < -0.39 is 0 Å². The average molecular weight is 769 g/mol. The molecule has 11 aromatic rings. The zero-order valence-electron chi connectivity index (χ0n) is 33.4. The van der Waals surface area contributed by atoms with Gasteiger partial charge in [0.15, 0.2) is 5.58 Å². The Kier molecular flexibility index (Phi) is 7.58. The van der Waals surface area contributed by atoms with Crippen molar-refractivity contribution in [1.82, 2.24) is 4.57 Å². The minimum atomic E-state index is -0.129. The zero-order chi connectivity index (χ0) is 40.0. The fraction of sp³-hybridized carbons (Fsp3) is 0.0526. The maximum absolute atomic E-state index is 6.68. The van der Waals surface area contributed by atoms with Crippen molar-refractivity contribution in [3.05, 3.63) is 217 Å². The van der Waals surface area contributed by atoms with Crippen LogP contribution in [0.1, 0.15) is 25.0 Å². The van der Waals surface area contributed by atoms with E-state index in [1.165, 1.54) is 60.8 Å². The molecule has 0 saturated carbocycles. The largest absolute Gasteiger partial charge is 0.454 e. The number of rotatable bonds is 6. The van der Waals surface area contributed by atoms with Crippen LogP contribution in [0, 0.1) is 0 Å². The fourth-order valence-corrected chi connectivity index (χ4v) is 9.83. The van der Waals surface area contributed by atoms with Gasteiger partial charge in [-0.2, -0.15) is 0 Å². The summed E-state index contributed by atoms with van der Waals surface area (Å²) in [6.07, 6.45) is 0. The molecule has 1 aliphatic rings. The summed E-state index contributed by atoms with van der Waals surface area (Å²) in [7, 11) is 0. The summed E-state index contributed by atoms with van der Waals surface area (Å²) in [5, 5.41) is 4.71. The van der Waals surface area contributed by atoms with Gasteiger partial charge in [0, 0.05) is 44.0 Å². The van der Waals surface area contributed by atoms with E-state index in [9.17, 15) is 0 Å². The third-order valence-electron chi connectivity index (χ3n) is 12.8. The van der Waals surface area contributed by atoms with Gasteiger partial charge in [0.25, 0.3) is 0 Å². The zero-order valence-corrected chi connectivity index (χ0v) is 33.4. The molecule has 3 heteroatoms. The van der Waals surface area contributed by atoms with Gasteiger partial charge in [0.1, 0.15) is 5.58 Å². The summed E-state index contributed by atoms with van der Waals surface area (Å²) in [6.45, 7) is 4.69. The molecule has 0 saturated heterocycles. The standard InChI is InChI=1S/C57H40N2O/c1-57(2)50-19-9-6-15-44(50)45-33-32-43(36-51(45)57)58(54-21-12-18-48-47-17-8-11-22-55(47)60-56(48)54)41-28-25-39(26-29-41)40-27-34-53-49(35-40)46-16-7-10-20-52(46)59(53)42-30-23-38(24-31-42)37-13-4-3-5-14-37/h3-36H,1-2H3. The molecule has 3 nitrogen and oxygen atoms in total. The first-order chi connectivity index (χ1) is 29.5. The summed E-state index contributed by atoms with van der Waals surface area (Å²) >= 11 is 0. The molecule has 0 radical (unpaired) electrons. The highest BCUT2D eigenvalue weighted by Crippen LogP contribution is 2.51. The Morgan fingerprint density at radius 2 is 1.03 bits per heavy atom. The molecule has 12 rings (SSSR count). The maximum Gasteiger partial charge on any atom is 0.159 e. The lowest BCUT2D eigenvalue weighted by Gasteiger charge is -2.28. The van der Waals surface area contributed by atoms with Crippen molar-refractivity contribution in [2.24, 2.45) is 0 Å². The van der Waals surface area contributed by atoms with E-state index in [0.29, 0.717) is 0 Å². The summed E-state index contributed by atoms with van der Waals surface area (Å²) in [4.78, 5) is 2.37. The highest BCUT2D eigenvalue weighted by Gasteiger charge is 2.36. The third-order valence-corrected chi connectivity index (χ3v) is 12.8. The average Bonchev–Trinajstić information content (AvgIpc) is 3.93. The number of hydrogen-bond acceptors (Lipinski definition) is 2. The van der Waals surface area contributed by atoms with E-state index in [1.54, 1.807) is 0 Å². The van der Waals surface area contributed by atoms with Gasteiger partial charge >= 0.3 is 0 Å². The monoisotopic (exact) mass is 768 g/mol. The molecule has 284 valence electrons. The van der Waals surface area contributed by atoms with Crippen molar-refractivity contribution in [2.45, 2.75) is 19.3 Å². The number of furan rings is 1. The predicted octanol–water partition coefficient (Wildman–Crippen LogP) is 15.8. The van der Waals surface area contributed by atoms with Gasteiger partial charge in [0.2, 0.25) is 0 Å². The van der Waals surface area contributed by atoms with Crippen LogP contribution in [0.15, 0.2) is 211 Å². The second-order valence-electron chi connectivity index (χ2n) is 16.5. The first-order valence-corrected chi connectivity index (χ1v) is 20.8. The molecule has 0 spiro atoms. The maximum atomic E-state index is 6.68. The number of fused-ring (bicyclic) bond motifs is 9. The van der Waals surface area contributed by atoms with Gasteiger partial charge in [-0.25, -0.2) is 0 Å². The molecule has 0 unspecified atom stereocenters. The number of hydrogen-bond donors (Lipinski definition) is 0. The molecule has 0 aliphatic heterocycles. The summed E-state index contributed by atoms with van der Waals surface area (Å²) in [5.74, 6) is 0. The molecule has 60 heavy (non-hydrogen) atoms. The van der Waals surface area contributed by atoms with Crippen LogP contribution in [-0.4, -0.2) is 4.57 Å². The molecule has 2 heterocycles. The first kappa shape index (κ1) is 34.4. The van der Waals surface area contributed by atoms with Gasteiger partial charge in [-0.05, 0) is 111 Å². The Morgan fingerprint density at radius 1 is 0.417 bits per heavy atom. The molecule has 9 aromatic carbocycles. The van der Waals surface area contributed by atoms with E-state index in [1.807, 2.05) is 6.07 Å². The topological polar surface area (TPSA) is 21.3 Å². The number of nitrogens with zero attached hydrogens (tertiary/aromatic N) is 2. The SMILES string of the molecule is CC1(C)c2ccccc2-c2ccc(N(c3ccc(-c4ccc5c(c4)c4ccccc4n5-c4ccc(-c5ccccc5)cc4)cc3)c3cccc4c3oc3ccccc34)cc21. The van der Waals surface area contributed by atoms with Crippen LogP contribution in [0.25, 0.3) is 82.8 Å². The second kappa shape index (κ2) is 13.2. The third kappa shape index (κ3) is 5.22. The number of anilines is 3. The quantitative estimate of drug-likeness (QED) is 0.168. The smallest absolute Gasteiger partial charge is 0.159 e. The van der Waals surface area contributed by atoms with Gasteiger partial charge in [-0.15, -0.1) is 0 Å². The number of benzene rings is 9. The normalized spacial score (nSPS) is 13.0. The van der Waals surface area contributed by atoms with Gasteiger partial charge < -0.3 is 13.9 Å². The Labute approximate surface area is 349 Å². The molecule has 0 atom stereocenters.